The van der Waals surface area contributed by atoms with Crippen molar-refractivity contribution in [2.45, 2.75) is 26.7 Å². The summed E-state index contributed by atoms with van der Waals surface area (Å²) in [5.41, 5.74) is 2.16. The summed E-state index contributed by atoms with van der Waals surface area (Å²) in [6.45, 7) is 5.22. The van der Waals surface area contributed by atoms with Gasteiger partial charge in [0.05, 0.1) is 15.0 Å². The Bertz CT molecular complexity index is 569. The van der Waals surface area contributed by atoms with Crippen LogP contribution in [0.2, 0.25) is 5.02 Å². The number of anilines is 1. The molecule has 4 heteroatoms. The molecule has 0 bridgehead atoms. The van der Waals surface area contributed by atoms with Gasteiger partial charge in [0.2, 0.25) is 0 Å². The molecule has 2 rings (SSSR count). The van der Waals surface area contributed by atoms with Gasteiger partial charge in [-0.15, -0.1) is 0 Å². The second-order valence-electron chi connectivity index (χ2n) is 4.21. The van der Waals surface area contributed by atoms with Crippen LogP contribution in [0, 0.1) is 0 Å². The zero-order chi connectivity index (χ0) is 13.1. The van der Waals surface area contributed by atoms with E-state index < -0.39 is 0 Å². The Morgan fingerprint density at radius 1 is 1.33 bits per heavy atom. The van der Waals surface area contributed by atoms with Crippen molar-refractivity contribution in [1.82, 2.24) is 4.98 Å². The Kier molecular flexibility index (Phi) is 4.46. The highest BCUT2D eigenvalue weighted by atomic mass is 79.9. The molecule has 1 aromatic carbocycles. The van der Waals surface area contributed by atoms with Gasteiger partial charge in [-0.25, -0.2) is 4.98 Å². The van der Waals surface area contributed by atoms with Crippen LogP contribution in [0.3, 0.4) is 0 Å². The zero-order valence-electron chi connectivity index (χ0n) is 10.6. The van der Waals surface area contributed by atoms with E-state index in [1.165, 1.54) is 5.56 Å². The van der Waals surface area contributed by atoms with Crippen LogP contribution in [-0.2, 0) is 6.42 Å². The average Bonchev–Trinajstić information content (AvgIpc) is 2.40. The maximum absolute atomic E-state index is 6.11. The Morgan fingerprint density at radius 2 is 2.11 bits per heavy atom. The zero-order valence-corrected chi connectivity index (χ0v) is 12.9. The van der Waals surface area contributed by atoms with Crippen molar-refractivity contribution >= 4 is 44.3 Å². The highest BCUT2D eigenvalue weighted by Crippen LogP contribution is 2.32. The predicted molar refractivity (Wildman–Crippen MR) is 82.6 cm³/mol. The number of nitrogens with zero attached hydrogens (tertiary/aromatic N) is 1. The molecule has 96 valence electrons. The molecule has 0 amide bonds. The quantitative estimate of drug-likeness (QED) is 0.851. The molecule has 0 saturated heterocycles. The first kappa shape index (κ1) is 13.6. The number of hydrogen-bond donors (Lipinski definition) is 1. The van der Waals surface area contributed by atoms with Crippen LogP contribution < -0.4 is 5.32 Å². The van der Waals surface area contributed by atoms with Gasteiger partial charge in [-0.05, 0) is 46.5 Å². The van der Waals surface area contributed by atoms with Gasteiger partial charge >= 0.3 is 0 Å². The van der Waals surface area contributed by atoms with Crippen LogP contribution in [0.4, 0.5) is 5.82 Å². The molecular formula is C14H16BrClN2. The highest BCUT2D eigenvalue weighted by molar-refractivity contribution is 9.10. The number of rotatable bonds is 4. The summed E-state index contributed by atoms with van der Waals surface area (Å²) in [5.74, 6) is 0.967. The SMILES string of the molecule is CCCNc1nc2c(Br)c(Cl)ccc2cc1CC. The molecule has 18 heavy (non-hydrogen) atoms. The smallest absolute Gasteiger partial charge is 0.129 e. The first-order valence-corrected chi connectivity index (χ1v) is 7.36. The molecule has 0 spiro atoms. The van der Waals surface area contributed by atoms with Crippen molar-refractivity contribution in [3.05, 3.63) is 33.3 Å². The maximum atomic E-state index is 6.11. The van der Waals surface area contributed by atoms with Crippen molar-refractivity contribution in [3.63, 3.8) is 0 Å². The van der Waals surface area contributed by atoms with Crippen LogP contribution in [0.1, 0.15) is 25.8 Å². The van der Waals surface area contributed by atoms with Crippen LogP contribution in [0.25, 0.3) is 10.9 Å². The van der Waals surface area contributed by atoms with E-state index >= 15 is 0 Å². The third kappa shape index (κ3) is 2.62. The van der Waals surface area contributed by atoms with Crippen LogP contribution in [0.5, 0.6) is 0 Å². The van der Waals surface area contributed by atoms with Crippen LogP contribution in [0.15, 0.2) is 22.7 Å². The molecule has 0 fully saturated rings. The number of aryl methyl sites for hydroxylation is 1. The van der Waals surface area contributed by atoms with Gasteiger partial charge in [0, 0.05) is 11.9 Å². The Labute approximate surface area is 121 Å². The second kappa shape index (κ2) is 5.89. The lowest BCUT2D eigenvalue weighted by molar-refractivity contribution is 0.962. The molecule has 0 unspecified atom stereocenters. The lowest BCUT2D eigenvalue weighted by atomic mass is 10.1. The predicted octanol–water partition coefficient (Wildman–Crippen LogP) is 5.04. The summed E-state index contributed by atoms with van der Waals surface area (Å²) >= 11 is 9.62. The number of aromatic nitrogens is 1. The molecule has 0 aliphatic carbocycles. The van der Waals surface area contributed by atoms with Gasteiger partial charge in [-0.1, -0.05) is 31.5 Å². The van der Waals surface area contributed by atoms with Gasteiger partial charge in [0.15, 0.2) is 0 Å². The highest BCUT2D eigenvalue weighted by Gasteiger charge is 2.09. The Morgan fingerprint density at radius 3 is 2.78 bits per heavy atom. The number of halogens is 2. The van der Waals surface area contributed by atoms with Gasteiger partial charge < -0.3 is 5.32 Å². The molecule has 0 aliphatic rings. The fourth-order valence-electron chi connectivity index (χ4n) is 1.89. The second-order valence-corrected chi connectivity index (χ2v) is 5.41. The fraction of sp³-hybridized carbons (Fsp3) is 0.357. The van der Waals surface area contributed by atoms with E-state index in [4.69, 9.17) is 16.6 Å². The lowest BCUT2D eigenvalue weighted by Crippen LogP contribution is -2.05. The Balaban J connectivity index is 2.58. The van der Waals surface area contributed by atoms with E-state index in [0.29, 0.717) is 5.02 Å². The fourth-order valence-corrected chi connectivity index (χ4v) is 2.49. The molecule has 0 aliphatic heterocycles. The van der Waals surface area contributed by atoms with Crippen molar-refractivity contribution in [3.8, 4) is 0 Å². The number of fused-ring (bicyclic) bond motifs is 1. The maximum Gasteiger partial charge on any atom is 0.129 e. The van der Waals surface area contributed by atoms with Gasteiger partial charge in [0.25, 0.3) is 0 Å². The molecule has 0 atom stereocenters. The summed E-state index contributed by atoms with van der Waals surface area (Å²) < 4.78 is 0.865. The normalized spacial score (nSPS) is 10.9. The molecule has 1 aromatic heterocycles. The van der Waals surface area contributed by atoms with Crippen molar-refractivity contribution < 1.29 is 0 Å². The standard InChI is InChI=1S/C14H16BrClN2/c1-3-7-17-14-9(4-2)8-10-5-6-11(16)12(15)13(10)18-14/h5-6,8H,3-4,7H2,1-2H3,(H,17,18). The Hall–Kier alpha value is -0.800. The first-order valence-electron chi connectivity index (χ1n) is 6.18. The van der Waals surface area contributed by atoms with Crippen LogP contribution in [-0.4, -0.2) is 11.5 Å². The summed E-state index contributed by atoms with van der Waals surface area (Å²) in [7, 11) is 0. The van der Waals surface area contributed by atoms with Gasteiger partial charge in [-0.3, -0.25) is 0 Å². The number of hydrogen-bond acceptors (Lipinski definition) is 2. The number of nitrogens with one attached hydrogen (secondary N) is 1. The lowest BCUT2D eigenvalue weighted by Gasteiger charge is -2.12. The summed E-state index contributed by atoms with van der Waals surface area (Å²) in [6.07, 6.45) is 2.05. The molecule has 0 radical (unpaired) electrons. The summed E-state index contributed by atoms with van der Waals surface area (Å²) in [5, 5.41) is 5.19. The molecule has 1 heterocycles. The third-order valence-corrected chi connectivity index (χ3v) is 4.23. The van der Waals surface area contributed by atoms with E-state index in [2.05, 4.69) is 41.2 Å². The molecule has 0 saturated carbocycles. The molecule has 1 N–H and O–H groups in total. The summed E-state index contributed by atoms with van der Waals surface area (Å²) in [4.78, 5) is 4.70. The number of benzene rings is 1. The molecular weight excluding hydrogens is 312 g/mol. The minimum atomic E-state index is 0.695. The largest absolute Gasteiger partial charge is 0.370 e. The molecule has 2 nitrogen and oxygen atoms in total. The van der Waals surface area contributed by atoms with E-state index in [1.807, 2.05) is 12.1 Å². The first-order chi connectivity index (χ1) is 8.67. The van der Waals surface area contributed by atoms with Crippen LogP contribution >= 0.6 is 27.5 Å². The van der Waals surface area contributed by atoms with Gasteiger partial charge in [-0.2, -0.15) is 0 Å². The minimum absolute atomic E-state index is 0.695. The van der Waals surface area contributed by atoms with E-state index in [9.17, 15) is 0 Å². The molecule has 2 aromatic rings. The van der Waals surface area contributed by atoms with E-state index in [-0.39, 0.29) is 0 Å². The van der Waals surface area contributed by atoms with Gasteiger partial charge in [0.1, 0.15) is 5.82 Å². The third-order valence-electron chi connectivity index (χ3n) is 2.88. The van der Waals surface area contributed by atoms with E-state index in [0.717, 1.165) is 40.6 Å². The average molecular weight is 328 g/mol. The monoisotopic (exact) mass is 326 g/mol. The minimum Gasteiger partial charge on any atom is -0.370 e. The van der Waals surface area contributed by atoms with E-state index in [1.54, 1.807) is 0 Å². The van der Waals surface area contributed by atoms with Crippen molar-refractivity contribution in [2.75, 3.05) is 11.9 Å². The topological polar surface area (TPSA) is 24.9 Å². The number of pyridine rings is 1. The van der Waals surface area contributed by atoms with Crippen molar-refractivity contribution in [1.29, 1.82) is 0 Å². The van der Waals surface area contributed by atoms with Crippen molar-refractivity contribution in [2.24, 2.45) is 0 Å². The summed E-state index contributed by atoms with van der Waals surface area (Å²) in [6, 6.07) is 6.09.